The smallest absolute Gasteiger partial charge is 0.412 e. The van der Waals surface area contributed by atoms with Crippen molar-refractivity contribution in [2.24, 2.45) is 0 Å². The molecule has 6 aromatic carbocycles. The molecule has 0 saturated carbocycles. The van der Waals surface area contributed by atoms with Gasteiger partial charge >= 0.3 is 17.5 Å². The Morgan fingerprint density at radius 3 is 1.27 bits per heavy atom. The van der Waals surface area contributed by atoms with Gasteiger partial charge < -0.3 is 60.2 Å². The van der Waals surface area contributed by atoms with Crippen LogP contribution in [0.15, 0.2) is 171 Å². The number of carbonyl (C=O) groups is 3. The van der Waals surface area contributed by atoms with E-state index in [4.69, 9.17) is 36.0 Å². The van der Waals surface area contributed by atoms with E-state index in [1.165, 1.54) is 29.0 Å². The second kappa shape index (κ2) is 51.6. The number of aliphatic carboxylic acids is 2. The molecule has 0 bridgehead atoms. The molecule has 9 N–H and O–H groups in total. The van der Waals surface area contributed by atoms with Gasteiger partial charge in [0.1, 0.15) is 81.1 Å². The molecule has 114 heavy (non-hydrogen) atoms. The van der Waals surface area contributed by atoms with Crippen molar-refractivity contribution in [2.45, 2.75) is 88.6 Å². The quantitative estimate of drug-likeness (QED) is 0.0185. The molecule has 1 amide bonds. The maximum absolute atomic E-state index is 13.6. The van der Waals surface area contributed by atoms with Crippen molar-refractivity contribution in [3.63, 3.8) is 0 Å². The van der Waals surface area contributed by atoms with E-state index >= 15 is 0 Å². The number of nitrogens with two attached hydrogens (primary N) is 2. The van der Waals surface area contributed by atoms with Crippen LogP contribution in [0.5, 0.6) is 0 Å². The zero-order valence-electron chi connectivity index (χ0n) is 62.4. The van der Waals surface area contributed by atoms with Crippen LogP contribution in [0.2, 0.25) is 0 Å². The summed E-state index contributed by atoms with van der Waals surface area (Å²) in [5.41, 5.74) is 9.79. The van der Waals surface area contributed by atoms with Crippen molar-refractivity contribution in [1.29, 1.82) is 0 Å². The van der Waals surface area contributed by atoms with Crippen LogP contribution in [0.3, 0.4) is 0 Å². The molecular weight excluding hydrogens is 1570 g/mol. The number of aromatic amines is 2. The third-order valence-corrected chi connectivity index (χ3v) is 12.5. The average molecular weight is 1660 g/mol. The average Bonchev–Trinajstić information content (AvgIpc) is 1.42. The van der Waals surface area contributed by atoms with Crippen molar-refractivity contribution >= 4 is 52.2 Å². The molecule has 5 aromatic heterocycles. The van der Waals surface area contributed by atoms with Crippen LogP contribution >= 0.6 is 0 Å². The molecule has 0 spiro atoms. The van der Waals surface area contributed by atoms with Gasteiger partial charge in [0.05, 0.1) is 57.2 Å². The fourth-order valence-electron chi connectivity index (χ4n) is 8.04. The van der Waals surface area contributed by atoms with Gasteiger partial charge in [-0.05, 0) is 132 Å². The van der Waals surface area contributed by atoms with Gasteiger partial charge in [-0.1, -0.05) is 14.9 Å². The Hall–Kier alpha value is -12.9. The van der Waals surface area contributed by atoms with Crippen LogP contribution in [0.1, 0.15) is 78.6 Å². The molecule has 0 saturated heterocycles. The molecule has 5 heterocycles. The first-order valence-corrected chi connectivity index (χ1v) is 31.9. The minimum absolute atomic E-state index is 0. The Bertz CT molecular complexity index is 4740. The number of aryl methyl sites for hydroxylation is 2. The molecule has 11 rings (SSSR count). The molecule has 0 unspecified atom stereocenters. The summed E-state index contributed by atoms with van der Waals surface area (Å²) in [5.74, 6) is -4.16. The largest absolute Gasteiger partial charge is 0.481 e. The van der Waals surface area contributed by atoms with Gasteiger partial charge in [0, 0.05) is 153 Å². The Balaban J connectivity index is 0. The number of H-pyrrole nitrogens is 2. The summed E-state index contributed by atoms with van der Waals surface area (Å²) in [6, 6.07) is 19.9. The Morgan fingerprint density at radius 1 is 0.500 bits per heavy atom. The number of aromatic nitrogens is 10. The Kier molecular flexibility index (Phi) is 46.7. The number of hydrogen-bond acceptors (Lipinski definition) is 20. The number of rotatable bonds is 13. The number of nitrogens with one attached hydrogen (secondary N) is 3. The zero-order valence-corrected chi connectivity index (χ0v) is 63.3. The number of halogens is 9. The monoisotopic (exact) mass is 1660 g/mol. The topological polar surface area (TPSA) is 415 Å². The molecule has 0 aliphatic rings. The summed E-state index contributed by atoms with van der Waals surface area (Å²) in [6.45, 7) is 13.0. The van der Waals surface area contributed by atoms with Crippen LogP contribution in [0, 0.1) is 96.5 Å². The standard InChI is InChI=1S/2C12H13FN4O2.C11H13F2NO2.C10H10FN3.C6H3F2NO2.C6H5F2N.C6H11N3.C4H6N2.2C2H4O2.2CH4.Cu/c1-15(2)8-12-14-5-6-16(12)9-3-4-11(17(18)19)10(13)7-9;1-15(2)8-12-14-5-6-16(12)11-7-9(13)3-4-10(11)17(18)19;1-11(2,3)16-10(15)14-9-5-4-7(12)6-8(9)13;1-7-13-4-5-14(7)8-2-3-10(12)9(11)6-8;7-4-1-2-6(9(10)11)5(8)3-4;7-4-1-2-6(9)5(8)3-4;1-9(2)5-6-7-3-4-8-6;1-4-5-2-3-6-4;2*1-2(3)4;;;/h2*3-7H,8H2,1-2H3;4-6H,1-3H3,(H,14,15);2-6H,12H2,1H3;1-3H;1-3H,9H2;3-4H,5H2,1-2H3,(H,7,8);2-3H,1H3,(H,5,6);2*1H3,(H,3,4);2*1H4;. The van der Waals surface area contributed by atoms with Gasteiger partial charge in [-0.15, -0.1) is 0 Å². The van der Waals surface area contributed by atoms with E-state index in [-0.39, 0.29) is 60.4 Å². The number of nitro benzene ring substituents is 3. The Morgan fingerprint density at radius 2 is 0.877 bits per heavy atom. The van der Waals surface area contributed by atoms with E-state index < -0.39 is 102 Å². The predicted octanol–water partition coefficient (Wildman–Crippen LogP) is 15.2. The maximum Gasteiger partial charge on any atom is 0.412 e. The summed E-state index contributed by atoms with van der Waals surface area (Å²) in [7, 11) is 11.5. The second-order valence-electron chi connectivity index (χ2n) is 24.0. The van der Waals surface area contributed by atoms with Gasteiger partial charge in [0.25, 0.3) is 17.6 Å². The fourth-order valence-corrected chi connectivity index (χ4v) is 8.04. The molecule has 0 fully saturated rings. The third kappa shape index (κ3) is 40.2. The summed E-state index contributed by atoms with van der Waals surface area (Å²) in [5, 5.41) is 48.6. The minimum Gasteiger partial charge on any atom is -0.481 e. The second-order valence-corrected chi connectivity index (χ2v) is 24.0. The molecule has 0 aliphatic heterocycles. The molecule has 0 atom stereocenters. The summed E-state index contributed by atoms with van der Waals surface area (Å²) in [6.07, 6.45) is 16.2. The third-order valence-electron chi connectivity index (χ3n) is 12.5. The van der Waals surface area contributed by atoms with E-state index in [0.717, 1.165) is 116 Å². The van der Waals surface area contributed by atoms with Gasteiger partial charge in [0.2, 0.25) is 11.6 Å². The summed E-state index contributed by atoms with van der Waals surface area (Å²) in [4.78, 5) is 90.7. The number of ether oxygens (including phenoxy) is 1. The minimum atomic E-state index is -1.16. The predicted molar refractivity (Wildman–Crippen MR) is 407 cm³/mol. The summed E-state index contributed by atoms with van der Waals surface area (Å²) >= 11 is 0. The van der Waals surface area contributed by atoms with Gasteiger partial charge in [-0.25, -0.2) is 60.4 Å². The van der Waals surface area contributed by atoms with E-state index in [1.54, 1.807) is 91.6 Å². The number of hydrogen-bond donors (Lipinski definition) is 7. The molecular formula is C73H90CuF9N19O12. The van der Waals surface area contributed by atoms with Crippen LogP contribution in [-0.4, -0.2) is 154 Å². The first kappa shape index (κ1) is 103. The summed E-state index contributed by atoms with van der Waals surface area (Å²) < 4.78 is 125. The number of amides is 1. The fraction of sp³-hybridized carbons (Fsp3) is 0.260. The molecule has 0 aliphatic carbocycles. The number of benzene rings is 6. The number of carboxylic acid groups (broad SMARTS) is 2. The number of anilines is 3. The molecule has 623 valence electrons. The number of nitrogens with zero attached hydrogens (tertiary/aromatic N) is 14. The maximum atomic E-state index is 13.6. The number of imidazole rings is 5. The van der Waals surface area contributed by atoms with Gasteiger partial charge in [-0.3, -0.25) is 49.8 Å². The number of carboxylic acids is 2. The number of nitrogen functional groups attached to an aromatic ring is 2. The first-order chi connectivity index (χ1) is 51.9. The van der Waals surface area contributed by atoms with Gasteiger partial charge in [-0.2, -0.15) is 8.78 Å². The van der Waals surface area contributed by atoms with Gasteiger partial charge in [0.15, 0.2) is 0 Å². The van der Waals surface area contributed by atoms with Crippen LogP contribution in [0.25, 0.3) is 17.1 Å². The van der Waals surface area contributed by atoms with Crippen molar-refractivity contribution in [3.05, 3.63) is 283 Å². The molecule has 41 heteroatoms. The van der Waals surface area contributed by atoms with Crippen LogP contribution < -0.4 is 16.8 Å². The first-order valence-electron chi connectivity index (χ1n) is 31.9. The van der Waals surface area contributed by atoms with Crippen LogP contribution in [0.4, 0.5) is 78.4 Å². The van der Waals surface area contributed by atoms with E-state index in [1.807, 2.05) is 72.1 Å². The van der Waals surface area contributed by atoms with Crippen molar-refractivity contribution in [2.75, 3.05) is 59.1 Å². The molecule has 1 radical (unpaired) electrons. The van der Waals surface area contributed by atoms with Crippen molar-refractivity contribution in [3.8, 4) is 17.1 Å². The van der Waals surface area contributed by atoms with E-state index in [0.29, 0.717) is 36.7 Å². The van der Waals surface area contributed by atoms with Crippen LogP contribution in [-0.2, 0) is 51.0 Å². The number of nitro groups is 3. The Labute approximate surface area is 661 Å². The molecule has 11 aromatic rings. The van der Waals surface area contributed by atoms with Crippen molar-refractivity contribution in [1.82, 2.24) is 63.3 Å². The van der Waals surface area contributed by atoms with E-state index in [9.17, 15) is 74.7 Å². The SMILES string of the molecule is C.C.CC(=O)O.CC(=O)O.CC(C)(C)OC(=O)Nc1ccc(F)cc1F.CN(C)Cc1ncc[nH]1.CN(C)Cc1nccn1-c1cc(F)ccc1[N+](=O)[O-].CN(C)Cc1nccn1-c1ccc([N+](=O)[O-])c(F)c1.Cc1ncc[nH]1.Cc1nccn1-c1ccc(N)c(F)c1.Nc1ccc(F)cc1F.O=[N+]([O-])c1ccc(F)cc1F.[Cu]. The normalized spacial score (nSPS) is 9.90. The molecule has 31 nitrogen and oxygen atoms in total. The number of carbonyl (C=O) groups excluding carboxylic acids is 1. The zero-order chi connectivity index (χ0) is 84.0. The van der Waals surface area contributed by atoms with Crippen molar-refractivity contribution < 1.29 is 101 Å². The van der Waals surface area contributed by atoms with E-state index in [2.05, 4.69) is 45.1 Å².